The van der Waals surface area contributed by atoms with Crippen LogP contribution >= 0.6 is 0 Å². The Kier molecular flexibility index (Phi) is 5.70. The number of hydrogen-bond donors (Lipinski definition) is 2. The normalized spacial score (nSPS) is 17.7. The Balaban J connectivity index is 1.28. The largest absolute Gasteiger partial charge is 0.457 e. The van der Waals surface area contributed by atoms with Crippen molar-refractivity contribution in [2.24, 2.45) is 0 Å². The van der Waals surface area contributed by atoms with Gasteiger partial charge in [-0.1, -0.05) is 37.5 Å². The van der Waals surface area contributed by atoms with E-state index in [0.717, 1.165) is 25.0 Å². The Morgan fingerprint density at radius 2 is 1.63 bits per heavy atom. The van der Waals surface area contributed by atoms with Crippen molar-refractivity contribution in [3.63, 3.8) is 0 Å². The topological polar surface area (TPSA) is 87.7 Å². The van der Waals surface area contributed by atoms with E-state index in [9.17, 15) is 14.4 Å². The number of hydrogen-bond acceptors (Lipinski definition) is 4. The minimum atomic E-state index is -0.750. The van der Waals surface area contributed by atoms with Gasteiger partial charge in [-0.25, -0.2) is 4.79 Å². The van der Waals surface area contributed by atoms with E-state index in [-0.39, 0.29) is 24.8 Å². The summed E-state index contributed by atoms with van der Waals surface area (Å²) in [6.45, 7) is 0.0768. The maximum Gasteiger partial charge on any atom is 0.325 e. The van der Waals surface area contributed by atoms with Gasteiger partial charge in [-0.2, -0.15) is 0 Å². The number of anilines is 1. The first-order chi connectivity index (χ1) is 14.6. The van der Waals surface area contributed by atoms with Gasteiger partial charge in [0.25, 0.3) is 5.91 Å². The molecule has 1 saturated heterocycles. The van der Waals surface area contributed by atoms with Crippen LogP contribution in [0.3, 0.4) is 0 Å². The van der Waals surface area contributed by atoms with Crippen LogP contribution < -0.4 is 15.4 Å². The standard InChI is InChI=1S/C23H25N3O4/c27-20(13-16-26-21(28)23(25-22(26)29)14-5-2-6-15-23)24-17-9-11-19(12-10-17)30-18-7-3-1-4-8-18/h1,3-4,7-12H,2,5-6,13-16H2,(H,24,27)(H,25,29). The molecule has 156 valence electrons. The van der Waals surface area contributed by atoms with Crippen LogP contribution in [-0.4, -0.2) is 34.8 Å². The molecule has 0 radical (unpaired) electrons. The van der Waals surface area contributed by atoms with Crippen LogP contribution in [0.1, 0.15) is 38.5 Å². The number of amides is 4. The zero-order chi connectivity index (χ0) is 21.0. The van der Waals surface area contributed by atoms with E-state index in [1.54, 1.807) is 24.3 Å². The van der Waals surface area contributed by atoms with Gasteiger partial charge in [0.1, 0.15) is 17.0 Å². The van der Waals surface area contributed by atoms with Gasteiger partial charge >= 0.3 is 6.03 Å². The quantitative estimate of drug-likeness (QED) is 0.707. The lowest BCUT2D eigenvalue weighted by Gasteiger charge is -2.30. The molecule has 0 unspecified atom stereocenters. The molecule has 2 aliphatic rings. The average molecular weight is 407 g/mol. The molecule has 2 aromatic rings. The molecule has 4 rings (SSSR count). The van der Waals surface area contributed by atoms with Crippen LogP contribution in [-0.2, 0) is 9.59 Å². The van der Waals surface area contributed by atoms with Crippen molar-refractivity contribution in [3.05, 3.63) is 54.6 Å². The number of para-hydroxylation sites is 1. The van der Waals surface area contributed by atoms with Crippen LogP contribution in [0, 0.1) is 0 Å². The van der Waals surface area contributed by atoms with Gasteiger partial charge in [0.05, 0.1) is 0 Å². The second kappa shape index (κ2) is 8.57. The van der Waals surface area contributed by atoms with Crippen LogP contribution in [0.2, 0.25) is 0 Å². The summed E-state index contributed by atoms with van der Waals surface area (Å²) >= 11 is 0. The fraction of sp³-hybridized carbons (Fsp3) is 0.348. The number of nitrogens with zero attached hydrogens (tertiary/aromatic N) is 1. The lowest BCUT2D eigenvalue weighted by Crippen LogP contribution is -2.48. The van der Waals surface area contributed by atoms with E-state index in [4.69, 9.17) is 4.74 Å². The number of carbonyl (C=O) groups is 3. The SMILES string of the molecule is O=C(CCN1C(=O)NC2(CCCCC2)C1=O)Nc1ccc(Oc2ccccc2)cc1. The molecule has 1 aliphatic heterocycles. The van der Waals surface area contributed by atoms with Gasteiger partial charge < -0.3 is 15.4 Å². The van der Waals surface area contributed by atoms with E-state index in [1.807, 2.05) is 30.3 Å². The number of urea groups is 1. The molecular weight excluding hydrogens is 382 g/mol. The maximum absolute atomic E-state index is 12.7. The van der Waals surface area contributed by atoms with Crippen LogP contribution in [0.15, 0.2) is 54.6 Å². The summed E-state index contributed by atoms with van der Waals surface area (Å²) in [6.07, 6.45) is 4.37. The molecule has 30 heavy (non-hydrogen) atoms. The van der Waals surface area contributed by atoms with Gasteiger partial charge in [0.15, 0.2) is 0 Å². The fourth-order valence-corrected chi connectivity index (χ4v) is 4.04. The fourth-order valence-electron chi connectivity index (χ4n) is 4.04. The number of imide groups is 1. The Bertz CT molecular complexity index is 921. The molecule has 1 spiro atoms. The molecule has 0 atom stereocenters. The van der Waals surface area contributed by atoms with E-state index in [0.29, 0.717) is 24.3 Å². The molecule has 7 nitrogen and oxygen atoms in total. The predicted octanol–water partition coefficient (Wildman–Crippen LogP) is 4.06. The van der Waals surface area contributed by atoms with Crippen molar-refractivity contribution < 1.29 is 19.1 Å². The summed E-state index contributed by atoms with van der Waals surface area (Å²) in [6, 6.07) is 16.1. The first kappa shape index (κ1) is 19.9. The van der Waals surface area contributed by atoms with E-state index in [1.165, 1.54) is 4.90 Å². The second-order valence-corrected chi connectivity index (χ2v) is 7.77. The Hall–Kier alpha value is -3.35. The summed E-state index contributed by atoms with van der Waals surface area (Å²) in [4.78, 5) is 38.5. The second-order valence-electron chi connectivity index (χ2n) is 7.77. The van der Waals surface area contributed by atoms with Crippen molar-refractivity contribution in [1.29, 1.82) is 0 Å². The van der Waals surface area contributed by atoms with Crippen molar-refractivity contribution in [2.45, 2.75) is 44.1 Å². The maximum atomic E-state index is 12.7. The van der Waals surface area contributed by atoms with Crippen LogP contribution in [0.5, 0.6) is 11.5 Å². The molecule has 1 aliphatic carbocycles. The van der Waals surface area contributed by atoms with Crippen LogP contribution in [0.4, 0.5) is 10.5 Å². The van der Waals surface area contributed by atoms with Gasteiger partial charge in [-0.3, -0.25) is 14.5 Å². The highest BCUT2D eigenvalue weighted by atomic mass is 16.5. The monoisotopic (exact) mass is 407 g/mol. The zero-order valence-electron chi connectivity index (χ0n) is 16.7. The number of rotatable bonds is 6. The van der Waals surface area contributed by atoms with Gasteiger partial charge in [0, 0.05) is 18.7 Å². The van der Waals surface area contributed by atoms with E-state index in [2.05, 4.69) is 10.6 Å². The summed E-state index contributed by atoms with van der Waals surface area (Å²) in [5.74, 6) is 0.953. The van der Waals surface area contributed by atoms with Crippen molar-refractivity contribution in [1.82, 2.24) is 10.2 Å². The molecule has 2 N–H and O–H groups in total. The highest BCUT2D eigenvalue weighted by Crippen LogP contribution is 2.33. The molecule has 7 heteroatoms. The van der Waals surface area contributed by atoms with Gasteiger partial charge in [-0.05, 0) is 49.2 Å². The molecule has 1 saturated carbocycles. The lowest BCUT2D eigenvalue weighted by atomic mass is 9.82. The van der Waals surface area contributed by atoms with E-state index < -0.39 is 11.6 Å². The Morgan fingerprint density at radius 1 is 0.967 bits per heavy atom. The third kappa shape index (κ3) is 4.30. The minimum absolute atomic E-state index is 0.0531. The number of nitrogens with one attached hydrogen (secondary N) is 2. The molecular formula is C23H25N3O4. The smallest absolute Gasteiger partial charge is 0.325 e. The number of benzene rings is 2. The summed E-state index contributed by atoms with van der Waals surface area (Å²) in [5, 5.41) is 5.65. The van der Waals surface area contributed by atoms with Crippen molar-refractivity contribution in [2.75, 3.05) is 11.9 Å². The van der Waals surface area contributed by atoms with Crippen molar-refractivity contribution >= 4 is 23.5 Å². The van der Waals surface area contributed by atoms with Gasteiger partial charge in [0.2, 0.25) is 5.91 Å². The predicted molar refractivity (Wildman–Crippen MR) is 112 cm³/mol. The number of carbonyl (C=O) groups excluding carboxylic acids is 3. The first-order valence-electron chi connectivity index (χ1n) is 10.3. The summed E-state index contributed by atoms with van der Waals surface area (Å²) in [5.41, 5.74) is -0.123. The molecule has 1 heterocycles. The third-order valence-corrected chi connectivity index (χ3v) is 5.63. The average Bonchev–Trinajstić information content (AvgIpc) is 2.98. The molecule has 4 amide bonds. The summed E-state index contributed by atoms with van der Waals surface area (Å²) < 4.78 is 5.73. The van der Waals surface area contributed by atoms with E-state index >= 15 is 0 Å². The summed E-state index contributed by atoms with van der Waals surface area (Å²) in [7, 11) is 0. The van der Waals surface area contributed by atoms with Crippen LogP contribution in [0.25, 0.3) is 0 Å². The zero-order valence-corrected chi connectivity index (χ0v) is 16.7. The Labute approximate surface area is 175 Å². The number of ether oxygens (including phenoxy) is 1. The first-order valence-corrected chi connectivity index (χ1v) is 10.3. The molecule has 0 aromatic heterocycles. The molecule has 2 aromatic carbocycles. The van der Waals surface area contributed by atoms with Crippen molar-refractivity contribution in [3.8, 4) is 11.5 Å². The van der Waals surface area contributed by atoms with Gasteiger partial charge in [-0.15, -0.1) is 0 Å². The molecule has 0 bridgehead atoms. The lowest BCUT2D eigenvalue weighted by molar-refractivity contribution is -0.132. The Morgan fingerprint density at radius 3 is 2.33 bits per heavy atom. The molecule has 2 fully saturated rings. The minimum Gasteiger partial charge on any atom is -0.457 e. The highest BCUT2D eigenvalue weighted by molar-refractivity contribution is 6.07. The highest BCUT2D eigenvalue weighted by Gasteiger charge is 2.51. The third-order valence-electron chi connectivity index (χ3n) is 5.63.